The van der Waals surface area contributed by atoms with Gasteiger partial charge in [0.15, 0.2) is 0 Å². The van der Waals surface area contributed by atoms with Crippen LogP contribution in [0, 0.1) is 11.3 Å². The quantitative estimate of drug-likeness (QED) is 0.459. The second-order valence-electron chi connectivity index (χ2n) is 4.87. The van der Waals surface area contributed by atoms with Crippen LogP contribution in [0.4, 0.5) is 5.69 Å². The molecule has 1 saturated heterocycles. The molecule has 1 aromatic carbocycles. The first kappa shape index (κ1) is 16.5. The zero-order valence-corrected chi connectivity index (χ0v) is 12.9. The third kappa shape index (κ3) is 2.63. The molecule has 0 radical (unpaired) electrons. The van der Waals surface area contributed by atoms with E-state index in [0.717, 1.165) is 4.90 Å². The molecule has 0 bridgehead atoms. The summed E-state index contributed by atoms with van der Waals surface area (Å²) in [5.41, 5.74) is -1.06. The Labute approximate surface area is 133 Å². The number of esters is 2. The standard InChI is InChI=1S/C16H16N2O5/c1-3-22-14(20)16(15(21)23-4-2)9-13(19)18(16)12-7-5-11(10-17)6-8-12/h5-8H,3-4,9H2,1-2H3. The summed E-state index contributed by atoms with van der Waals surface area (Å²) in [7, 11) is 0. The molecule has 1 fully saturated rings. The van der Waals surface area contributed by atoms with E-state index >= 15 is 0 Å². The van der Waals surface area contributed by atoms with Crippen molar-refractivity contribution in [2.75, 3.05) is 18.1 Å². The van der Waals surface area contributed by atoms with Crippen molar-refractivity contribution in [1.29, 1.82) is 5.26 Å². The minimum Gasteiger partial charge on any atom is -0.464 e. The van der Waals surface area contributed by atoms with Gasteiger partial charge in [-0.3, -0.25) is 9.69 Å². The molecular weight excluding hydrogens is 300 g/mol. The van der Waals surface area contributed by atoms with Gasteiger partial charge in [-0.2, -0.15) is 5.26 Å². The molecule has 1 aromatic rings. The Balaban J connectivity index is 2.44. The maximum Gasteiger partial charge on any atom is 0.344 e. The monoisotopic (exact) mass is 316 g/mol. The summed E-state index contributed by atoms with van der Waals surface area (Å²) in [4.78, 5) is 37.8. The first-order chi connectivity index (χ1) is 11.0. The van der Waals surface area contributed by atoms with Gasteiger partial charge in [-0.05, 0) is 38.1 Å². The fourth-order valence-corrected chi connectivity index (χ4v) is 2.46. The van der Waals surface area contributed by atoms with Crippen molar-refractivity contribution < 1.29 is 23.9 Å². The van der Waals surface area contributed by atoms with Crippen LogP contribution in [-0.2, 0) is 23.9 Å². The van der Waals surface area contributed by atoms with Crippen LogP contribution < -0.4 is 4.90 Å². The summed E-state index contributed by atoms with van der Waals surface area (Å²) in [5, 5.41) is 8.83. The molecule has 1 aliphatic heterocycles. The van der Waals surface area contributed by atoms with E-state index in [0.29, 0.717) is 11.3 Å². The third-order valence-corrected chi connectivity index (χ3v) is 3.52. The molecule has 0 saturated carbocycles. The van der Waals surface area contributed by atoms with Crippen molar-refractivity contribution in [3.8, 4) is 6.07 Å². The van der Waals surface area contributed by atoms with Crippen LogP contribution in [0.5, 0.6) is 0 Å². The van der Waals surface area contributed by atoms with Crippen LogP contribution in [0.2, 0.25) is 0 Å². The highest BCUT2D eigenvalue weighted by Crippen LogP contribution is 2.39. The zero-order valence-electron chi connectivity index (χ0n) is 12.9. The molecule has 0 aliphatic carbocycles. The first-order valence-electron chi connectivity index (χ1n) is 7.19. The number of benzene rings is 1. The lowest BCUT2D eigenvalue weighted by atomic mass is 9.82. The van der Waals surface area contributed by atoms with Crippen molar-refractivity contribution in [3.05, 3.63) is 29.8 Å². The topological polar surface area (TPSA) is 96.7 Å². The van der Waals surface area contributed by atoms with E-state index in [1.807, 2.05) is 6.07 Å². The molecule has 1 aliphatic rings. The molecule has 1 amide bonds. The van der Waals surface area contributed by atoms with Gasteiger partial charge in [0.25, 0.3) is 5.54 Å². The Kier molecular flexibility index (Phi) is 4.65. The maximum absolute atomic E-state index is 12.3. The molecule has 0 unspecified atom stereocenters. The fraction of sp³-hybridized carbons (Fsp3) is 0.375. The van der Waals surface area contributed by atoms with Crippen LogP contribution in [0.15, 0.2) is 24.3 Å². The molecule has 1 heterocycles. The van der Waals surface area contributed by atoms with Crippen LogP contribution in [0.25, 0.3) is 0 Å². The molecule has 7 heteroatoms. The number of nitrogens with zero attached hydrogens (tertiary/aromatic N) is 2. The number of carbonyl (C=O) groups excluding carboxylic acids is 3. The molecule has 23 heavy (non-hydrogen) atoms. The first-order valence-corrected chi connectivity index (χ1v) is 7.19. The summed E-state index contributed by atoms with van der Waals surface area (Å²) in [5.74, 6) is -2.03. The van der Waals surface area contributed by atoms with E-state index in [2.05, 4.69) is 0 Å². The van der Waals surface area contributed by atoms with Gasteiger partial charge in [-0.15, -0.1) is 0 Å². The summed E-state index contributed by atoms with van der Waals surface area (Å²) in [6.45, 7) is 3.39. The van der Waals surface area contributed by atoms with Gasteiger partial charge in [0, 0.05) is 5.69 Å². The number of amides is 1. The van der Waals surface area contributed by atoms with E-state index in [9.17, 15) is 14.4 Å². The predicted octanol–water partition coefficient (Wildman–Crippen LogP) is 1.16. The number of carbonyl (C=O) groups is 3. The van der Waals surface area contributed by atoms with Crippen molar-refractivity contribution in [2.45, 2.75) is 25.8 Å². The smallest absolute Gasteiger partial charge is 0.344 e. The van der Waals surface area contributed by atoms with E-state index in [1.54, 1.807) is 13.8 Å². The number of rotatable bonds is 5. The average molecular weight is 316 g/mol. The van der Waals surface area contributed by atoms with Crippen molar-refractivity contribution >= 4 is 23.5 Å². The minimum absolute atomic E-state index is 0.0788. The number of nitriles is 1. The third-order valence-electron chi connectivity index (χ3n) is 3.52. The van der Waals surface area contributed by atoms with Gasteiger partial charge in [-0.25, -0.2) is 9.59 Å². The van der Waals surface area contributed by atoms with Gasteiger partial charge in [-0.1, -0.05) is 0 Å². The van der Waals surface area contributed by atoms with E-state index < -0.39 is 23.4 Å². The summed E-state index contributed by atoms with van der Waals surface area (Å²) >= 11 is 0. The summed E-state index contributed by atoms with van der Waals surface area (Å²) in [6.07, 6.45) is -0.301. The maximum atomic E-state index is 12.3. The fourth-order valence-electron chi connectivity index (χ4n) is 2.46. The largest absolute Gasteiger partial charge is 0.464 e. The highest BCUT2D eigenvalue weighted by molar-refractivity contribution is 6.24. The Morgan fingerprint density at radius 1 is 1.17 bits per heavy atom. The lowest BCUT2D eigenvalue weighted by Crippen LogP contribution is -2.73. The number of hydrogen-bond acceptors (Lipinski definition) is 6. The normalized spacial score (nSPS) is 15.3. The molecular formula is C16H16N2O5. The van der Waals surface area contributed by atoms with Crippen LogP contribution in [0.3, 0.4) is 0 Å². The molecule has 0 atom stereocenters. The molecule has 2 rings (SSSR count). The number of β-lactam (4-membered cyclic amide) rings is 1. The lowest BCUT2D eigenvalue weighted by Gasteiger charge is -2.47. The Morgan fingerprint density at radius 2 is 1.70 bits per heavy atom. The minimum atomic E-state index is -1.79. The summed E-state index contributed by atoms with van der Waals surface area (Å²) in [6, 6.07) is 7.97. The van der Waals surface area contributed by atoms with Gasteiger partial charge in [0.2, 0.25) is 5.91 Å². The molecule has 7 nitrogen and oxygen atoms in total. The highest BCUT2D eigenvalue weighted by atomic mass is 16.6. The Bertz CT molecular complexity index is 657. The Hall–Kier alpha value is -2.88. The molecule has 0 spiro atoms. The van der Waals surface area contributed by atoms with Crippen molar-refractivity contribution in [1.82, 2.24) is 0 Å². The lowest BCUT2D eigenvalue weighted by molar-refractivity contribution is -0.171. The second kappa shape index (κ2) is 6.48. The zero-order chi connectivity index (χ0) is 17.0. The average Bonchev–Trinajstić information content (AvgIpc) is 2.53. The SMILES string of the molecule is CCOC(=O)C1(C(=O)OCC)CC(=O)N1c1ccc(C#N)cc1. The number of hydrogen-bond donors (Lipinski definition) is 0. The van der Waals surface area contributed by atoms with Crippen molar-refractivity contribution in [2.24, 2.45) is 0 Å². The van der Waals surface area contributed by atoms with Gasteiger partial charge >= 0.3 is 11.9 Å². The van der Waals surface area contributed by atoms with E-state index in [-0.39, 0.29) is 19.6 Å². The van der Waals surface area contributed by atoms with Gasteiger partial charge in [0.05, 0.1) is 31.3 Å². The predicted molar refractivity (Wildman–Crippen MR) is 79.3 cm³/mol. The second-order valence-corrected chi connectivity index (χ2v) is 4.87. The molecule has 0 aromatic heterocycles. The number of anilines is 1. The number of ether oxygens (including phenoxy) is 2. The van der Waals surface area contributed by atoms with E-state index in [4.69, 9.17) is 14.7 Å². The summed E-state index contributed by atoms with van der Waals surface area (Å²) < 4.78 is 9.95. The van der Waals surface area contributed by atoms with Crippen LogP contribution >= 0.6 is 0 Å². The highest BCUT2D eigenvalue weighted by Gasteiger charge is 2.65. The van der Waals surface area contributed by atoms with Gasteiger partial charge in [0.1, 0.15) is 0 Å². The van der Waals surface area contributed by atoms with E-state index in [1.165, 1.54) is 24.3 Å². The van der Waals surface area contributed by atoms with Gasteiger partial charge < -0.3 is 9.47 Å². The van der Waals surface area contributed by atoms with Crippen molar-refractivity contribution in [3.63, 3.8) is 0 Å². The molecule has 0 N–H and O–H groups in total. The molecule has 120 valence electrons. The van der Waals surface area contributed by atoms with Crippen LogP contribution in [-0.4, -0.2) is 36.6 Å². The van der Waals surface area contributed by atoms with Crippen LogP contribution in [0.1, 0.15) is 25.8 Å². The Morgan fingerprint density at radius 3 is 2.09 bits per heavy atom.